The highest BCUT2D eigenvalue weighted by atomic mass is 16.3. The fourth-order valence-electron chi connectivity index (χ4n) is 2.46. The van der Waals surface area contributed by atoms with E-state index in [0.717, 1.165) is 37.5 Å². The molecular formula is C15H23N3O. The lowest BCUT2D eigenvalue weighted by Crippen LogP contribution is -2.13. The van der Waals surface area contributed by atoms with E-state index in [0.29, 0.717) is 0 Å². The molecule has 0 aliphatic carbocycles. The average molecular weight is 261 g/mol. The van der Waals surface area contributed by atoms with Crippen LogP contribution in [-0.2, 0) is 19.5 Å². The second-order valence-corrected chi connectivity index (χ2v) is 4.81. The van der Waals surface area contributed by atoms with Crippen molar-refractivity contribution in [3.63, 3.8) is 0 Å². The number of aromatic nitrogens is 2. The number of rotatable bonds is 6. The van der Waals surface area contributed by atoms with Crippen LogP contribution in [0.25, 0.3) is 0 Å². The minimum Gasteiger partial charge on any atom is -0.468 e. The lowest BCUT2D eigenvalue weighted by atomic mass is 10.1. The van der Waals surface area contributed by atoms with Crippen LogP contribution in [0.5, 0.6) is 0 Å². The van der Waals surface area contributed by atoms with Crippen molar-refractivity contribution in [2.24, 2.45) is 0 Å². The minimum atomic E-state index is 0.777. The number of nitrogens with one attached hydrogen (secondary N) is 1. The zero-order valence-electron chi connectivity index (χ0n) is 12.3. The van der Waals surface area contributed by atoms with Crippen LogP contribution in [0, 0.1) is 13.8 Å². The van der Waals surface area contributed by atoms with Gasteiger partial charge >= 0.3 is 0 Å². The predicted octanol–water partition coefficient (Wildman–Crippen LogP) is 2.81. The predicted molar refractivity (Wildman–Crippen MR) is 76.3 cm³/mol. The Morgan fingerprint density at radius 1 is 1.32 bits per heavy atom. The zero-order valence-corrected chi connectivity index (χ0v) is 12.3. The molecule has 2 heterocycles. The molecule has 0 saturated heterocycles. The molecule has 0 bridgehead atoms. The van der Waals surface area contributed by atoms with E-state index in [-0.39, 0.29) is 0 Å². The summed E-state index contributed by atoms with van der Waals surface area (Å²) in [5, 5.41) is 7.93. The first-order chi connectivity index (χ1) is 9.17. The van der Waals surface area contributed by atoms with Crippen LogP contribution in [-0.4, -0.2) is 16.3 Å². The average Bonchev–Trinajstić information content (AvgIpc) is 2.93. The Bertz CT molecular complexity index is 540. The van der Waals surface area contributed by atoms with Crippen LogP contribution in [0.1, 0.15) is 42.1 Å². The fraction of sp³-hybridized carbons (Fsp3) is 0.533. The van der Waals surface area contributed by atoms with Gasteiger partial charge in [-0.1, -0.05) is 13.8 Å². The maximum atomic E-state index is 5.54. The standard InChI is InChI=1S/C15H23N3O/c1-5-14-11(3)17-18(12(14)4)10-13-7-8-19-15(13)9-16-6-2/h7-8,16H,5-6,9-10H2,1-4H3. The van der Waals surface area contributed by atoms with Gasteiger partial charge in [-0.2, -0.15) is 5.10 Å². The SMILES string of the molecule is CCNCc1occc1Cn1nc(C)c(CC)c1C. The molecule has 0 fully saturated rings. The van der Waals surface area contributed by atoms with Crippen LogP contribution in [0.3, 0.4) is 0 Å². The molecule has 0 aliphatic heterocycles. The Balaban J connectivity index is 2.19. The molecule has 0 atom stereocenters. The smallest absolute Gasteiger partial charge is 0.122 e. The topological polar surface area (TPSA) is 43.0 Å². The molecule has 0 amide bonds. The van der Waals surface area contributed by atoms with E-state index in [1.165, 1.54) is 16.8 Å². The fourth-order valence-corrected chi connectivity index (χ4v) is 2.46. The normalized spacial score (nSPS) is 11.2. The van der Waals surface area contributed by atoms with Crippen molar-refractivity contribution in [3.8, 4) is 0 Å². The van der Waals surface area contributed by atoms with Crippen molar-refractivity contribution < 1.29 is 4.42 Å². The van der Waals surface area contributed by atoms with E-state index < -0.39 is 0 Å². The van der Waals surface area contributed by atoms with Crippen molar-refractivity contribution >= 4 is 0 Å². The number of hydrogen-bond acceptors (Lipinski definition) is 3. The Labute approximate surface area is 114 Å². The molecule has 2 aromatic heterocycles. The van der Waals surface area contributed by atoms with Crippen LogP contribution in [0.4, 0.5) is 0 Å². The highest BCUT2D eigenvalue weighted by Gasteiger charge is 2.12. The van der Waals surface area contributed by atoms with Crippen molar-refractivity contribution in [1.82, 2.24) is 15.1 Å². The first-order valence-corrected chi connectivity index (χ1v) is 6.96. The third-order valence-electron chi connectivity index (χ3n) is 3.58. The van der Waals surface area contributed by atoms with Gasteiger partial charge in [-0.15, -0.1) is 0 Å². The monoisotopic (exact) mass is 261 g/mol. The number of furan rings is 1. The van der Waals surface area contributed by atoms with Gasteiger partial charge in [0.05, 0.1) is 25.0 Å². The number of aryl methyl sites for hydroxylation is 1. The van der Waals surface area contributed by atoms with Crippen molar-refractivity contribution in [2.45, 2.75) is 47.2 Å². The summed E-state index contributed by atoms with van der Waals surface area (Å²) in [5.41, 5.74) is 4.96. The molecule has 4 heteroatoms. The third-order valence-corrected chi connectivity index (χ3v) is 3.58. The van der Waals surface area contributed by atoms with Gasteiger partial charge in [0.25, 0.3) is 0 Å². The highest BCUT2D eigenvalue weighted by molar-refractivity contribution is 5.26. The lowest BCUT2D eigenvalue weighted by molar-refractivity contribution is 0.479. The summed E-state index contributed by atoms with van der Waals surface area (Å²) in [6.45, 7) is 11.0. The molecule has 0 aliphatic rings. The molecule has 0 unspecified atom stereocenters. The van der Waals surface area contributed by atoms with Gasteiger partial charge in [-0.25, -0.2) is 0 Å². The van der Waals surface area contributed by atoms with Crippen LogP contribution in [0.15, 0.2) is 16.7 Å². The summed E-state index contributed by atoms with van der Waals surface area (Å²) in [4.78, 5) is 0. The second kappa shape index (κ2) is 6.06. The molecule has 1 N–H and O–H groups in total. The summed E-state index contributed by atoms with van der Waals surface area (Å²) in [5.74, 6) is 1.01. The zero-order chi connectivity index (χ0) is 13.8. The van der Waals surface area contributed by atoms with Crippen molar-refractivity contribution in [1.29, 1.82) is 0 Å². The van der Waals surface area contributed by atoms with Crippen LogP contribution in [0.2, 0.25) is 0 Å². The Morgan fingerprint density at radius 2 is 2.11 bits per heavy atom. The molecule has 2 rings (SSSR count). The van der Waals surface area contributed by atoms with E-state index in [2.05, 4.69) is 42.8 Å². The molecule has 104 valence electrons. The van der Waals surface area contributed by atoms with Gasteiger partial charge < -0.3 is 9.73 Å². The van der Waals surface area contributed by atoms with Gasteiger partial charge in [0.2, 0.25) is 0 Å². The Kier molecular flexibility index (Phi) is 4.43. The van der Waals surface area contributed by atoms with Crippen molar-refractivity contribution in [2.75, 3.05) is 6.54 Å². The minimum absolute atomic E-state index is 0.777. The number of hydrogen-bond donors (Lipinski definition) is 1. The molecular weight excluding hydrogens is 238 g/mol. The number of nitrogens with zero attached hydrogens (tertiary/aromatic N) is 2. The molecule has 0 spiro atoms. The Morgan fingerprint density at radius 3 is 2.74 bits per heavy atom. The summed E-state index contributed by atoms with van der Waals surface area (Å²) in [6, 6.07) is 2.04. The van der Waals surface area contributed by atoms with Crippen LogP contribution >= 0.6 is 0 Å². The summed E-state index contributed by atoms with van der Waals surface area (Å²) in [7, 11) is 0. The lowest BCUT2D eigenvalue weighted by Gasteiger charge is -2.06. The van der Waals surface area contributed by atoms with E-state index in [4.69, 9.17) is 4.42 Å². The summed E-state index contributed by atoms with van der Waals surface area (Å²) >= 11 is 0. The molecule has 19 heavy (non-hydrogen) atoms. The first kappa shape index (κ1) is 13.9. The maximum Gasteiger partial charge on any atom is 0.122 e. The molecule has 0 radical (unpaired) electrons. The molecule has 4 nitrogen and oxygen atoms in total. The quantitative estimate of drug-likeness (QED) is 0.869. The largest absolute Gasteiger partial charge is 0.468 e. The highest BCUT2D eigenvalue weighted by Crippen LogP contribution is 2.17. The molecule has 2 aromatic rings. The van der Waals surface area contributed by atoms with Gasteiger partial charge in [-0.05, 0) is 38.4 Å². The summed E-state index contributed by atoms with van der Waals surface area (Å²) < 4.78 is 7.62. The van der Waals surface area contributed by atoms with E-state index >= 15 is 0 Å². The van der Waals surface area contributed by atoms with E-state index in [1.807, 2.05) is 6.07 Å². The Hall–Kier alpha value is -1.55. The third kappa shape index (κ3) is 2.89. The second-order valence-electron chi connectivity index (χ2n) is 4.81. The van der Waals surface area contributed by atoms with Gasteiger partial charge in [-0.3, -0.25) is 4.68 Å². The van der Waals surface area contributed by atoms with Gasteiger partial charge in [0.1, 0.15) is 5.76 Å². The van der Waals surface area contributed by atoms with E-state index in [9.17, 15) is 0 Å². The molecule has 0 saturated carbocycles. The molecule has 0 aromatic carbocycles. The van der Waals surface area contributed by atoms with Gasteiger partial charge in [0.15, 0.2) is 0 Å². The van der Waals surface area contributed by atoms with E-state index in [1.54, 1.807) is 6.26 Å². The van der Waals surface area contributed by atoms with Crippen molar-refractivity contribution in [3.05, 3.63) is 40.6 Å². The van der Waals surface area contributed by atoms with Gasteiger partial charge in [0, 0.05) is 11.3 Å². The van der Waals surface area contributed by atoms with Crippen LogP contribution < -0.4 is 5.32 Å². The summed E-state index contributed by atoms with van der Waals surface area (Å²) in [6.07, 6.45) is 2.79. The maximum absolute atomic E-state index is 5.54. The first-order valence-electron chi connectivity index (χ1n) is 6.96.